The van der Waals surface area contributed by atoms with Gasteiger partial charge in [0.15, 0.2) is 3.77 Å². The summed E-state index contributed by atoms with van der Waals surface area (Å²) in [5.41, 5.74) is 5.30. The van der Waals surface area contributed by atoms with Crippen molar-refractivity contribution in [2.75, 3.05) is 5.32 Å². The summed E-state index contributed by atoms with van der Waals surface area (Å²) in [7, 11) is 0. The van der Waals surface area contributed by atoms with Gasteiger partial charge >= 0.3 is 6.03 Å². The number of amides is 2. The molecule has 0 unspecified atom stereocenters. The second-order valence-corrected chi connectivity index (χ2v) is 6.18. The van der Waals surface area contributed by atoms with E-state index in [1.807, 2.05) is 32.0 Å². The molecule has 1 aromatic carbocycles. The number of furan rings is 1. The van der Waals surface area contributed by atoms with Crippen LogP contribution in [0.4, 0.5) is 10.5 Å². The van der Waals surface area contributed by atoms with E-state index in [0.717, 1.165) is 25.1 Å². The molecule has 2 N–H and O–H groups in total. The summed E-state index contributed by atoms with van der Waals surface area (Å²) in [6.45, 7) is 3.95. The Morgan fingerprint density at radius 1 is 1.43 bits per heavy atom. The number of nitrogens with one attached hydrogen (secondary N) is 2. The van der Waals surface area contributed by atoms with Gasteiger partial charge in [0.1, 0.15) is 5.76 Å². The van der Waals surface area contributed by atoms with Crippen molar-refractivity contribution in [1.82, 2.24) is 5.43 Å². The van der Waals surface area contributed by atoms with Gasteiger partial charge in [-0.05, 0) is 47.0 Å². The molecule has 0 saturated heterocycles. The highest BCUT2D eigenvalue weighted by Crippen LogP contribution is 2.22. The van der Waals surface area contributed by atoms with Gasteiger partial charge < -0.3 is 9.73 Å². The van der Waals surface area contributed by atoms with Crippen LogP contribution in [0.5, 0.6) is 0 Å². The zero-order chi connectivity index (χ0) is 15.4. The third kappa shape index (κ3) is 4.31. The molecule has 0 aliphatic heterocycles. The van der Waals surface area contributed by atoms with Gasteiger partial charge in [-0.2, -0.15) is 5.10 Å². The van der Waals surface area contributed by atoms with Crippen LogP contribution in [0.2, 0.25) is 0 Å². The Morgan fingerprint density at radius 3 is 2.86 bits per heavy atom. The van der Waals surface area contributed by atoms with Crippen LogP contribution in [-0.4, -0.2) is 12.2 Å². The molecule has 0 aliphatic rings. The Hall–Kier alpha value is -1.35. The zero-order valence-corrected chi connectivity index (χ0v) is 15.1. The molecular weight excluding hydrogens is 449 g/mol. The summed E-state index contributed by atoms with van der Waals surface area (Å²) in [5, 5.41) is 6.59. The number of halogens is 2. The average molecular weight is 462 g/mol. The molecule has 0 aliphatic carbocycles. The Morgan fingerprint density at radius 2 is 2.19 bits per heavy atom. The second kappa shape index (κ2) is 7.08. The van der Waals surface area contributed by atoms with Gasteiger partial charge in [-0.15, -0.1) is 0 Å². The Labute approximate surface area is 144 Å². The van der Waals surface area contributed by atoms with Crippen molar-refractivity contribution in [1.29, 1.82) is 0 Å². The maximum absolute atomic E-state index is 11.8. The lowest BCUT2D eigenvalue weighted by Gasteiger charge is -2.09. The van der Waals surface area contributed by atoms with E-state index in [1.54, 1.807) is 6.07 Å². The number of urea groups is 1. The minimum Gasteiger partial charge on any atom is -0.448 e. The molecule has 0 saturated carbocycles. The fourth-order valence-corrected chi connectivity index (χ4v) is 2.33. The van der Waals surface area contributed by atoms with Gasteiger partial charge in [0.25, 0.3) is 0 Å². The molecule has 7 heteroatoms. The predicted molar refractivity (Wildman–Crippen MR) is 94.8 cm³/mol. The predicted octanol–water partition coefficient (Wildman–Crippen LogP) is 4.42. The minimum absolute atomic E-state index is 0.403. The highest BCUT2D eigenvalue weighted by molar-refractivity contribution is 14.1. The Balaban J connectivity index is 1.94. The zero-order valence-electron chi connectivity index (χ0n) is 11.4. The highest BCUT2D eigenvalue weighted by atomic mass is 127. The third-order valence-corrected chi connectivity index (χ3v) is 5.01. The summed E-state index contributed by atoms with van der Waals surface area (Å²) < 4.78 is 6.95. The standard InChI is InChI=1S/C14H13BrIN3O2/c1-8-4-3-5-12(9(8)2)18-14(20)19-17-7-10-6-11(15)13(16)21-10/h3-7H,1-2H3,(H2,18,19,20)/b17-7+. The van der Waals surface area contributed by atoms with Crippen LogP contribution in [0, 0.1) is 17.6 Å². The topological polar surface area (TPSA) is 66.6 Å². The van der Waals surface area contributed by atoms with Gasteiger partial charge in [0, 0.05) is 34.3 Å². The van der Waals surface area contributed by atoms with Crippen LogP contribution in [0.1, 0.15) is 16.9 Å². The van der Waals surface area contributed by atoms with E-state index in [1.165, 1.54) is 6.21 Å². The van der Waals surface area contributed by atoms with Gasteiger partial charge in [-0.1, -0.05) is 12.1 Å². The highest BCUT2D eigenvalue weighted by Gasteiger charge is 2.05. The van der Waals surface area contributed by atoms with E-state index >= 15 is 0 Å². The van der Waals surface area contributed by atoms with Crippen molar-refractivity contribution in [3.05, 3.63) is 49.4 Å². The van der Waals surface area contributed by atoms with Crippen molar-refractivity contribution >= 4 is 56.5 Å². The lowest BCUT2D eigenvalue weighted by Crippen LogP contribution is -2.24. The van der Waals surface area contributed by atoms with E-state index in [0.29, 0.717) is 5.76 Å². The molecule has 0 fully saturated rings. The molecule has 2 amide bonds. The fraction of sp³-hybridized carbons (Fsp3) is 0.143. The van der Waals surface area contributed by atoms with Crippen molar-refractivity contribution < 1.29 is 9.21 Å². The molecule has 0 spiro atoms. The smallest absolute Gasteiger partial charge is 0.339 e. The lowest BCUT2D eigenvalue weighted by atomic mass is 10.1. The molecule has 0 bridgehead atoms. The van der Waals surface area contributed by atoms with Crippen LogP contribution >= 0.6 is 38.5 Å². The largest absolute Gasteiger partial charge is 0.448 e. The number of carbonyl (C=O) groups excluding carboxylic acids is 1. The van der Waals surface area contributed by atoms with Crippen molar-refractivity contribution in [2.45, 2.75) is 13.8 Å². The number of anilines is 1. The van der Waals surface area contributed by atoms with E-state index in [9.17, 15) is 4.79 Å². The first-order chi connectivity index (χ1) is 9.97. The molecule has 5 nitrogen and oxygen atoms in total. The van der Waals surface area contributed by atoms with Crippen molar-refractivity contribution in [2.24, 2.45) is 5.10 Å². The van der Waals surface area contributed by atoms with Gasteiger partial charge in [0.05, 0.1) is 10.7 Å². The number of hydrogen-bond acceptors (Lipinski definition) is 3. The number of carbonyl (C=O) groups is 1. The minimum atomic E-state index is -0.403. The fourth-order valence-electron chi connectivity index (χ4n) is 1.62. The van der Waals surface area contributed by atoms with Crippen LogP contribution in [0.3, 0.4) is 0 Å². The molecule has 2 aromatic rings. The summed E-state index contributed by atoms with van der Waals surface area (Å²) >= 11 is 5.39. The van der Waals surface area contributed by atoms with E-state index in [4.69, 9.17) is 4.42 Å². The number of hydrogen-bond donors (Lipinski definition) is 2. The summed E-state index contributed by atoms with van der Waals surface area (Å²) in [6.07, 6.45) is 1.44. The number of nitrogens with zero attached hydrogens (tertiary/aromatic N) is 1. The normalized spacial score (nSPS) is 10.9. The molecule has 2 rings (SSSR count). The molecule has 21 heavy (non-hydrogen) atoms. The second-order valence-electron chi connectivity index (χ2n) is 4.34. The van der Waals surface area contributed by atoms with Crippen LogP contribution in [-0.2, 0) is 0 Å². The van der Waals surface area contributed by atoms with Crippen molar-refractivity contribution in [3.8, 4) is 0 Å². The molecule has 1 aromatic heterocycles. The van der Waals surface area contributed by atoms with E-state index in [2.05, 4.69) is 54.4 Å². The first-order valence-electron chi connectivity index (χ1n) is 6.08. The number of rotatable bonds is 3. The number of aryl methyl sites for hydroxylation is 1. The molecule has 0 atom stereocenters. The summed E-state index contributed by atoms with van der Waals surface area (Å²) in [5.74, 6) is 0.554. The van der Waals surface area contributed by atoms with Gasteiger partial charge in [-0.25, -0.2) is 10.2 Å². The maximum atomic E-state index is 11.8. The molecular formula is C14H13BrIN3O2. The van der Waals surface area contributed by atoms with Crippen LogP contribution < -0.4 is 10.7 Å². The third-order valence-electron chi connectivity index (χ3n) is 2.87. The van der Waals surface area contributed by atoms with Gasteiger partial charge in [-0.3, -0.25) is 0 Å². The first kappa shape index (κ1) is 16.0. The van der Waals surface area contributed by atoms with E-state index < -0.39 is 6.03 Å². The maximum Gasteiger partial charge on any atom is 0.339 e. The average Bonchev–Trinajstić information content (AvgIpc) is 2.74. The first-order valence-corrected chi connectivity index (χ1v) is 7.95. The molecule has 0 radical (unpaired) electrons. The summed E-state index contributed by atoms with van der Waals surface area (Å²) in [6, 6.07) is 7.10. The monoisotopic (exact) mass is 461 g/mol. The quantitative estimate of drug-likeness (QED) is 0.403. The SMILES string of the molecule is Cc1cccc(NC(=O)N/N=C/c2cc(Br)c(I)o2)c1C. The number of hydrazone groups is 1. The lowest BCUT2D eigenvalue weighted by molar-refractivity contribution is 0.252. The van der Waals surface area contributed by atoms with Gasteiger partial charge in [0.2, 0.25) is 0 Å². The Kier molecular flexibility index (Phi) is 5.40. The Bertz CT molecular complexity index is 678. The van der Waals surface area contributed by atoms with Crippen molar-refractivity contribution in [3.63, 3.8) is 0 Å². The van der Waals surface area contributed by atoms with E-state index in [-0.39, 0.29) is 0 Å². The molecule has 110 valence electrons. The van der Waals surface area contributed by atoms with Crippen LogP contribution in [0.25, 0.3) is 0 Å². The summed E-state index contributed by atoms with van der Waals surface area (Å²) in [4.78, 5) is 11.8. The van der Waals surface area contributed by atoms with Crippen LogP contribution in [0.15, 0.2) is 38.3 Å². The number of benzene rings is 1. The molecule has 1 heterocycles.